The van der Waals surface area contributed by atoms with E-state index in [1.165, 1.54) is 37.6 Å². The van der Waals surface area contributed by atoms with E-state index in [1.807, 2.05) is 0 Å². The molecular formula is C25H21N7O5S. The lowest BCUT2D eigenvalue weighted by Crippen LogP contribution is -2.24. The van der Waals surface area contributed by atoms with Crippen LogP contribution in [0.15, 0.2) is 81.6 Å². The summed E-state index contributed by atoms with van der Waals surface area (Å²) in [7, 11) is -1.96. The van der Waals surface area contributed by atoms with Gasteiger partial charge in [-0.3, -0.25) is 9.59 Å². The lowest BCUT2D eigenvalue weighted by Gasteiger charge is -2.14. The van der Waals surface area contributed by atoms with Gasteiger partial charge in [-0.05, 0) is 30.3 Å². The molecule has 0 amide bonds. The molecule has 0 atom stereocenters. The second-order valence-electron chi connectivity index (χ2n) is 8.42. The topological polar surface area (TPSA) is 162 Å². The Balaban J connectivity index is 1.61. The zero-order valence-corrected chi connectivity index (χ0v) is 21.0. The zero-order valence-electron chi connectivity index (χ0n) is 20.2. The van der Waals surface area contributed by atoms with Crippen LogP contribution < -0.4 is 16.4 Å². The number of hydrogen-bond acceptors (Lipinski definition) is 10. The fourth-order valence-corrected chi connectivity index (χ4v) is 4.50. The molecule has 5 aromatic rings. The van der Waals surface area contributed by atoms with Crippen molar-refractivity contribution >= 4 is 32.1 Å². The number of aliphatic hydroxyl groups is 1. The number of sulfone groups is 1. The lowest BCUT2D eigenvalue weighted by atomic mass is 10.1. The van der Waals surface area contributed by atoms with Crippen molar-refractivity contribution < 1.29 is 13.5 Å². The number of aliphatic hydroxyl groups excluding tert-OH is 1. The van der Waals surface area contributed by atoms with Crippen LogP contribution in [0.3, 0.4) is 0 Å². The third-order valence-electron chi connectivity index (χ3n) is 5.85. The van der Waals surface area contributed by atoms with Gasteiger partial charge in [0.15, 0.2) is 15.7 Å². The van der Waals surface area contributed by atoms with Crippen molar-refractivity contribution in [2.24, 2.45) is 7.05 Å². The molecule has 0 saturated heterocycles. The van der Waals surface area contributed by atoms with Crippen LogP contribution in [0.1, 0.15) is 5.56 Å². The lowest BCUT2D eigenvalue weighted by molar-refractivity contribution is 0.281. The highest BCUT2D eigenvalue weighted by Gasteiger charge is 2.18. The molecule has 0 unspecified atom stereocenters. The molecule has 0 radical (unpaired) electrons. The highest BCUT2D eigenvalue weighted by Crippen LogP contribution is 2.27. The maximum atomic E-state index is 13.2. The van der Waals surface area contributed by atoms with E-state index in [1.54, 1.807) is 36.5 Å². The Morgan fingerprint density at radius 2 is 1.79 bits per heavy atom. The Bertz CT molecular complexity index is 1920. The summed E-state index contributed by atoms with van der Waals surface area (Å²) in [5.41, 5.74) is 0.268. The number of pyridine rings is 2. The monoisotopic (exact) mass is 531 g/mol. The quantitative estimate of drug-likeness (QED) is 0.329. The number of rotatable bonds is 6. The minimum atomic E-state index is -3.43. The highest BCUT2D eigenvalue weighted by molar-refractivity contribution is 7.90. The summed E-state index contributed by atoms with van der Waals surface area (Å²) in [6, 6.07) is 12.9. The number of benzene rings is 1. The van der Waals surface area contributed by atoms with E-state index in [4.69, 9.17) is 0 Å². The number of aryl methyl sites for hydroxylation is 1. The summed E-state index contributed by atoms with van der Waals surface area (Å²) < 4.78 is 25.6. The zero-order chi connectivity index (χ0) is 27.0. The van der Waals surface area contributed by atoms with E-state index in [2.05, 4.69) is 25.5 Å². The van der Waals surface area contributed by atoms with Gasteiger partial charge in [-0.2, -0.15) is 14.9 Å². The number of nitrogens with zero attached hydrogens (tertiary/aromatic N) is 6. The average Bonchev–Trinajstić information content (AvgIpc) is 2.91. The first-order valence-corrected chi connectivity index (χ1v) is 13.1. The third kappa shape index (κ3) is 4.55. The normalized spacial score (nSPS) is 11.6. The molecule has 0 aliphatic carbocycles. The van der Waals surface area contributed by atoms with Crippen LogP contribution in [0.25, 0.3) is 27.8 Å². The number of nitrogens with one attached hydrogen (secondary N) is 1. The summed E-state index contributed by atoms with van der Waals surface area (Å²) in [6.07, 6.45) is 5.27. The Morgan fingerprint density at radius 3 is 2.50 bits per heavy atom. The number of aromatic nitrogens is 6. The molecule has 38 heavy (non-hydrogen) atoms. The molecule has 12 nitrogen and oxygen atoms in total. The summed E-state index contributed by atoms with van der Waals surface area (Å²) in [5.74, 6) is 0.375. The first-order valence-electron chi connectivity index (χ1n) is 11.3. The molecule has 4 aromatic heterocycles. The number of hydrogen-bond donors (Lipinski definition) is 2. The summed E-state index contributed by atoms with van der Waals surface area (Å²) in [6.45, 7) is -0.485. The van der Waals surface area contributed by atoms with Crippen LogP contribution in [0.4, 0.5) is 11.5 Å². The molecule has 0 aliphatic heterocycles. The van der Waals surface area contributed by atoms with Crippen molar-refractivity contribution in [2.45, 2.75) is 11.5 Å². The highest BCUT2D eigenvalue weighted by atomic mass is 32.2. The van der Waals surface area contributed by atoms with Crippen molar-refractivity contribution in [2.75, 3.05) is 11.6 Å². The van der Waals surface area contributed by atoms with Crippen molar-refractivity contribution in [3.63, 3.8) is 0 Å². The van der Waals surface area contributed by atoms with Crippen molar-refractivity contribution in [3.05, 3.63) is 93.4 Å². The molecule has 0 bridgehead atoms. The Hall–Kier alpha value is -4.75. The van der Waals surface area contributed by atoms with E-state index in [9.17, 15) is 23.1 Å². The SMILES string of the molecule is Cn1nc(-c2ccnc(-n3ncc4ccccc4c3=O)c2CO)cc(Nc2ccc(S(C)(=O)=O)cn2)c1=O. The fraction of sp³-hybridized carbons (Fsp3) is 0.120. The molecule has 0 spiro atoms. The first-order chi connectivity index (χ1) is 18.2. The Labute approximate surface area is 215 Å². The van der Waals surface area contributed by atoms with Gasteiger partial charge in [-0.15, -0.1) is 0 Å². The predicted molar refractivity (Wildman–Crippen MR) is 140 cm³/mol. The van der Waals surface area contributed by atoms with Gasteiger partial charge >= 0.3 is 0 Å². The van der Waals surface area contributed by atoms with E-state index < -0.39 is 27.6 Å². The Morgan fingerprint density at radius 1 is 1.00 bits per heavy atom. The summed E-state index contributed by atoms with van der Waals surface area (Å²) in [5, 5.41) is 22.9. The van der Waals surface area contributed by atoms with E-state index in [0.29, 0.717) is 22.0 Å². The van der Waals surface area contributed by atoms with Gasteiger partial charge in [0.1, 0.15) is 11.5 Å². The summed E-state index contributed by atoms with van der Waals surface area (Å²) >= 11 is 0. The second-order valence-corrected chi connectivity index (χ2v) is 10.4. The van der Waals surface area contributed by atoms with Gasteiger partial charge in [0.05, 0.1) is 28.8 Å². The smallest absolute Gasteiger partial charge is 0.290 e. The largest absolute Gasteiger partial charge is 0.392 e. The molecule has 5 rings (SSSR count). The van der Waals surface area contributed by atoms with Crippen LogP contribution in [0.2, 0.25) is 0 Å². The van der Waals surface area contributed by atoms with Gasteiger partial charge in [-0.1, -0.05) is 18.2 Å². The van der Waals surface area contributed by atoms with Crippen LogP contribution in [0.5, 0.6) is 0 Å². The van der Waals surface area contributed by atoms with Gasteiger partial charge in [0, 0.05) is 42.2 Å². The molecule has 2 N–H and O–H groups in total. The molecule has 0 fully saturated rings. The maximum Gasteiger partial charge on any atom is 0.290 e. The molecule has 4 heterocycles. The minimum absolute atomic E-state index is 0.0424. The molecule has 13 heteroatoms. The van der Waals surface area contributed by atoms with Gasteiger partial charge in [-0.25, -0.2) is 23.1 Å². The molecule has 1 aromatic carbocycles. The van der Waals surface area contributed by atoms with Crippen molar-refractivity contribution in [1.29, 1.82) is 0 Å². The minimum Gasteiger partial charge on any atom is -0.392 e. The summed E-state index contributed by atoms with van der Waals surface area (Å²) in [4.78, 5) is 34.4. The van der Waals surface area contributed by atoms with E-state index >= 15 is 0 Å². The van der Waals surface area contributed by atoms with Crippen LogP contribution >= 0.6 is 0 Å². The molecule has 0 aliphatic rings. The van der Waals surface area contributed by atoms with E-state index in [0.717, 1.165) is 15.6 Å². The number of anilines is 2. The molecular weight excluding hydrogens is 510 g/mol. The maximum absolute atomic E-state index is 13.2. The second kappa shape index (κ2) is 9.61. The van der Waals surface area contributed by atoms with Crippen molar-refractivity contribution in [1.82, 2.24) is 29.5 Å². The van der Waals surface area contributed by atoms with Crippen LogP contribution in [-0.4, -0.2) is 49.3 Å². The van der Waals surface area contributed by atoms with Gasteiger partial charge in [0.25, 0.3) is 11.1 Å². The van der Waals surface area contributed by atoms with Crippen LogP contribution in [0, 0.1) is 0 Å². The average molecular weight is 532 g/mol. The van der Waals surface area contributed by atoms with E-state index in [-0.39, 0.29) is 27.8 Å². The molecule has 0 saturated carbocycles. The number of fused-ring (bicyclic) bond motifs is 1. The first kappa shape index (κ1) is 24.9. The third-order valence-corrected chi connectivity index (χ3v) is 6.95. The standard InChI is InChI=1S/C25H21N7O5S/c1-31-25(35)21(29-22-8-7-16(13-27-22)38(2,36)37)11-20(30-31)18-9-10-26-23(19(18)14-33)32-24(34)17-6-4-3-5-15(17)12-28-32/h3-13,33H,14H2,1-2H3,(H,27,29). The van der Waals surface area contributed by atoms with Crippen molar-refractivity contribution in [3.8, 4) is 17.1 Å². The molecule has 192 valence electrons. The van der Waals surface area contributed by atoms with Gasteiger partial charge in [0.2, 0.25) is 0 Å². The fourth-order valence-electron chi connectivity index (χ4n) is 3.94. The van der Waals surface area contributed by atoms with Gasteiger partial charge < -0.3 is 10.4 Å². The Kier molecular flexibility index (Phi) is 6.30. The van der Waals surface area contributed by atoms with Crippen LogP contribution in [-0.2, 0) is 23.5 Å². The predicted octanol–water partition coefficient (Wildman–Crippen LogP) is 1.58.